The van der Waals surface area contributed by atoms with Gasteiger partial charge in [0.25, 0.3) is 0 Å². The van der Waals surface area contributed by atoms with Crippen LogP contribution in [0, 0.1) is 0 Å². The SMILES string of the molecule is O=C(O)c1ccc(-c2c3nc(c(-c4ccccc4)c4ccc(cc5nc(c(-c6ccccc6)c6ccc2[nH]6)C=C5)[nH]4)C=C3)c(C(=O)O)c1. The Bertz CT molecular complexity index is 2470. The Morgan fingerprint density at radius 2 is 1.08 bits per heavy atom. The Morgan fingerprint density at radius 1 is 0.521 bits per heavy atom. The van der Waals surface area contributed by atoms with Gasteiger partial charge in [0, 0.05) is 44.3 Å². The Kier molecular flexibility index (Phi) is 6.88. The van der Waals surface area contributed by atoms with Crippen molar-refractivity contribution in [3.8, 4) is 33.4 Å². The molecule has 48 heavy (non-hydrogen) atoms. The number of aromatic carboxylic acids is 2. The molecule has 230 valence electrons. The van der Waals surface area contributed by atoms with Crippen molar-refractivity contribution in [3.63, 3.8) is 0 Å². The van der Waals surface area contributed by atoms with Crippen molar-refractivity contribution in [3.05, 3.63) is 143 Å². The number of aromatic amines is 2. The molecule has 2 aliphatic heterocycles. The molecule has 2 aliphatic rings. The maximum Gasteiger partial charge on any atom is 0.336 e. The van der Waals surface area contributed by atoms with Crippen LogP contribution in [-0.4, -0.2) is 42.1 Å². The summed E-state index contributed by atoms with van der Waals surface area (Å²) in [4.78, 5) is 41.7. The molecular weight excluding hydrogens is 600 g/mol. The second kappa shape index (κ2) is 11.5. The van der Waals surface area contributed by atoms with Crippen molar-refractivity contribution < 1.29 is 19.8 Å². The zero-order valence-electron chi connectivity index (χ0n) is 25.3. The molecule has 5 heterocycles. The Labute approximate surface area is 274 Å². The normalized spacial score (nSPS) is 11.9. The van der Waals surface area contributed by atoms with E-state index in [0.717, 1.165) is 50.2 Å². The van der Waals surface area contributed by atoms with E-state index in [4.69, 9.17) is 9.97 Å². The summed E-state index contributed by atoms with van der Waals surface area (Å²) in [5.41, 5.74) is 10.1. The number of carboxylic acid groups (broad SMARTS) is 2. The molecule has 0 spiro atoms. The number of carboxylic acids is 2. The summed E-state index contributed by atoms with van der Waals surface area (Å²) in [6, 6.07) is 33.9. The third-order valence-electron chi connectivity index (χ3n) is 8.47. The molecule has 4 N–H and O–H groups in total. The van der Waals surface area contributed by atoms with E-state index in [1.54, 1.807) is 0 Å². The van der Waals surface area contributed by atoms with Gasteiger partial charge in [-0.05, 0) is 77.9 Å². The van der Waals surface area contributed by atoms with E-state index in [2.05, 4.69) is 9.97 Å². The molecule has 0 atom stereocenters. The van der Waals surface area contributed by atoms with Gasteiger partial charge < -0.3 is 20.2 Å². The first kappa shape index (κ1) is 28.7. The van der Waals surface area contributed by atoms with Gasteiger partial charge in [0.2, 0.25) is 0 Å². The molecule has 3 aromatic heterocycles. The number of aromatic nitrogens is 4. The van der Waals surface area contributed by atoms with E-state index in [-0.39, 0.29) is 11.1 Å². The van der Waals surface area contributed by atoms with Gasteiger partial charge in [-0.1, -0.05) is 66.7 Å². The van der Waals surface area contributed by atoms with Crippen LogP contribution in [-0.2, 0) is 0 Å². The van der Waals surface area contributed by atoms with E-state index < -0.39 is 11.9 Å². The van der Waals surface area contributed by atoms with Gasteiger partial charge in [-0.25, -0.2) is 19.6 Å². The number of fused-ring (bicyclic) bond motifs is 8. The molecule has 0 radical (unpaired) electrons. The molecule has 8 nitrogen and oxygen atoms in total. The van der Waals surface area contributed by atoms with Gasteiger partial charge in [0.15, 0.2) is 0 Å². The van der Waals surface area contributed by atoms with Crippen LogP contribution in [0.3, 0.4) is 0 Å². The first-order chi connectivity index (χ1) is 23.4. The number of hydrogen-bond donors (Lipinski definition) is 4. The Hall–Kier alpha value is -6.80. The summed E-state index contributed by atoms with van der Waals surface area (Å²) >= 11 is 0. The molecule has 0 saturated heterocycles. The third kappa shape index (κ3) is 5.07. The second-order valence-corrected chi connectivity index (χ2v) is 11.5. The van der Waals surface area contributed by atoms with Gasteiger partial charge in [0.1, 0.15) is 0 Å². The van der Waals surface area contributed by atoms with Crippen LogP contribution in [0.2, 0.25) is 0 Å². The predicted octanol–water partition coefficient (Wildman–Crippen LogP) is 9.05. The molecular formula is C40H26N4O4. The number of carbonyl (C=O) groups is 2. The maximum atomic E-state index is 12.6. The summed E-state index contributed by atoms with van der Waals surface area (Å²) < 4.78 is 0. The quantitative estimate of drug-likeness (QED) is 0.151. The topological polar surface area (TPSA) is 132 Å². The van der Waals surface area contributed by atoms with Crippen LogP contribution in [0.5, 0.6) is 0 Å². The molecule has 3 aromatic carbocycles. The Balaban J connectivity index is 1.56. The van der Waals surface area contributed by atoms with Crippen LogP contribution in [0.15, 0.2) is 109 Å². The van der Waals surface area contributed by atoms with E-state index in [1.807, 2.05) is 115 Å². The highest BCUT2D eigenvalue weighted by Crippen LogP contribution is 2.37. The lowest BCUT2D eigenvalue weighted by molar-refractivity contribution is 0.0696. The number of hydrogen-bond acceptors (Lipinski definition) is 4. The minimum absolute atomic E-state index is 0.120. The van der Waals surface area contributed by atoms with Crippen molar-refractivity contribution in [2.45, 2.75) is 0 Å². The molecule has 8 heteroatoms. The van der Waals surface area contributed by atoms with Crippen LogP contribution in [0.4, 0.5) is 0 Å². The van der Waals surface area contributed by atoms with Crippen LogP contribution >= 0.6 is 0 Å². The fraction of sp³-hybridized carbons (Fsp3) is 0. The lowest BCUT2D eigenvalue weighted by Gasteiger charge is -2.10. The lowest BCUT2D eigenvalue weighted by atomic mass is 9.96. The minimum Gasteiger partial charge on any atom is -0.478 e. The minimum atomic E-state index is -1.25. The average Bonchev–Trinajstić information content (AvgIpc) is 3.93. The smallest absolute Gasteiger partial charge is 0.336 e. The second-order valence-electron chi connectivity index (χ2n) is 11.5. The zero-order chi connectivity index (χ0) is 32.8. The van der Waals surface area contributed by atoms with E-state index in [1.165, 1.54) is 18.2 Å². The lowest BCUT2D eigenvalue weighted by Crippen LogP contribution is -2.05. The van der Waals surface area contributed by atoms with Crippen molar-refractivity contribution in [2.24, 2.45) is 0 Å². The molecule has 8 rings (SSSR count). The molecule has 8 bridgehead atoms. The van der Waals surface area contributed by atoms with Crippen LogP contribution in [0.25, 0.3) is 79.8 Å². The summed E-state index contributed by atoms with van der Waals surface area (Å²) in [7, 11) is 0. The molecule has 0 fully saturated rings. The average molecular weight is 627 g/mol. The monoisotopic (exact) mass is 626 g/mol. The fourth-order valence-corrected chi connectivity index (χ4v) is 6.31. The van der Waals surface area contributed by atoms with Crippen LogP contribution < -0.4 is 0 Å². The summed E-state index contributed by atoms with van der Waals surface area (Å²) in [6.07, 6.45) is 7.75. The highest BCUT2D eigenvalue weighted by atomic mass is 16.4. The number of benzene rings is 3. The van der Waals surface area contributed by atoms with Crippen LogP contribution in [0.1, 0.15) is 43.5 Å². The van der Waals surface area contributed by atoms with Crippen molar-refractivity contribution in [1.82, 2.24) is 19.9 Å². The van der Waals surface area contributed by atoms with E-state index >= 15 is 0 Å². The van der Waals surface area contributed by atoms with Crippen molar-refractivity contribution in [2.75, 3.05) is 0 Å². The summed E-state index contributed by atoms with van der Waals surface area (Å²) in [5.74, 6) is -2.46. The number of rotatable bonds is 5. The third-order valence-corrected chi connectivity index (χ3v) is 8.47. The fourth-order valence-electron chi connectivity index (χ4n) is 6.31. The molecule has 0 amide bonds. The highest BCUT2D eigenvalue weighted by Gasteiger charge is 2.21. The van der Waals surface area contributed by atoms with E-state index in [0.29, 0.717) is 28.0 Å². The maximum absolute atomic E-state index is 12.6. The van der Waals surface area contributed by atoms with Crippen molar-refractivity contribution in [1.29, 1.82) is 0 Å². The Morgan fingerprint density at radius 3 is 1.73 bits per heavy atom. The number of nitrogens with one attached hydrogen (secondary N) is 2. The predicted molar refractivity (Wildman–Crippen MR) is 189 cm³/mol. The zero-order valence-corrected chi connectivity index (χ0v) is 25.3. The van der Waals surface area contributed by atoms with Gasteiger partial charge in [0.05, 0.1) is 33.9 Å². The molecule has 0 saturated carbocycles. The first-order valence-electron chi connectivity index (χ1n) is 15.3. The number of H-pyrrole nitrogens is 2. The first-order valence-corrected chi connectivity index (χ1v) is 15.3. The molecule has 6 aromatic rings. The van der Waals surface area contributed by atoms with Gasteiger partial charge in [-0.2, -0.15) is 0 Å². The van der Waals surface area contributed by atoms with Gasteiger partial charge in [-0.3, -0.25) is 0 Å². The molecule has 0 aliphatic carbocycles. The van der Waals surface area contributed by atoms with Gasteiger partial charge >= 0.3 is 11.9 Å². The number of nitrogens with zero attached hydrogens (tertiary/aromatic N) is 2. The highest BCUT2D eigenvalue weighted by molar-refractivity contribution is 6.05. The van der Waals surface area contributed by atoms with Crippen molar-refractivity contribution >= 4 is 58.3 Å². The molecule has 0 unspecified atom stereocenters. The van der Waals surface area contributed by atoms with Gasteiger partial charge in [-0.15, -0.1) is 0 Å². The standard InChI is InChI=1S/C40H26N4O4/c45-39(46)25-11-14-28(29(21-25)40(47)48)38-34-19-17-32(43-34)36(23-7-3-1-4-8-23)30-15-12-26(41-30)22-27-13-16-31(42-27)37(24-9-5-2-6-10-24)33-18-20-35(38)44-33/h1-22,41,44H,(H,45,46)(H,47,48). The van der Waals surface area contributed by atoms with E-state index in [9.17, 15) is 19.8 Å². The summed E-state index contributed by atoms with van der Waals surface area (Å²) in [5, 5.41) is 20.0. The largest absolute Gasteiger partial charge is 0.478 e. The summed E-state index contributed by atoms with van der Waals surface area (Å²) in [6.45, 7) is 0.